The van der Waals surface area contributed by atoms with Crippen LogP contribution in [-0.2, 0) is 0 Å². The first-order chi connectivity index (χ1) is 5.86. The van der Waals surface area contributed by atoms with Crippen LogP contribution in [-0.4, -0.2) is 7.11 Å². The van der Waals surface area contributed by atoms with E-state index in [2.05, 4.69) is 11.8 Å². The van der Waals surface area contributed by atoms with Crippen molar-refractivity contribution >= 4 is 0 Å². The highest BCUT2D eigenvalue weighted by Gasteiger charge is 1.90. The molecule has 0 bridgehead atoms. The van der Waals surface area contributed by atoms with Crippen molar-refractivity contribution in [1.29, 1.82) is 5.26 Å². The monoisotopic (exact) mass is 157 g/mol. The summed E-state index contributed by atoms with van der Waals surface area (Å²) in [5, 5.41) is 8.20. The summed E-state index contributed by atoms with van der Waals surface area (Å²) in [6.45, 7) is 0. The minimum atomic E-state index is 0.750. The van der Waals surface area contributed by atoms with Crippen LogP contribution in [0.4, 0.5) is 0 Å². The summed E-state index contributed by atoms with van der Waals surface area (Å²) in [7, 11) is 1.59. The molecule has 0 amide bonds. The Labute approximate surface area is 71.4 Å². The van der Waals surface area contributed by atoms with E-state index in [-0.39, 0.29) is 0 Å². The third-order valence-corrected chi connectivity index (χ3v) is 1.33. The summed E-state index contributed by atoms with van der Waals surface area (Å²) in [4.78, 5) is 0. The Morgan fingerprint density at radius 1 is 1.42 bits per heavy atom. The molecule has 0 heterocycles. The lowest BCUT2D eigenvalue weighted by molar-refractivity contribution is 0.414. The number of hydrogen-bond acceptors (Lipinski definition) is 2. The Morgan fingerprint density at radius 3 is 2.92 bits per heavy atom. The molecule has 0 atom stereocenters. The number of methoxy groups -OCH3 is 1. The molecule has 1 aromatic carbocycles. The van der Waals surface area contributed by atoms with Crippen LogP contribution in [0.25, 0.3) is 0 Å². The average molecular weight is 157 g/mol. The summed E-state index contributed by atoms with van der Waals surface area (Å²) < 4.78 is 4.98. The third kappa shape index (κ3) is 2.04. The fourth-order valence-corrected chi connectivity index (χ4v) is 0.801. The van der Waals surface area contributed by atoms with E-state index in [0.29, 0.717) is 0 Å². The van der Waals surface area contributed by atoms with Gasteiger partial charge in [-0.15, -0.1) is 0 Å². The van der Waals surface area contributed by atoms with Gasteiger partial charge < -0.3 is 4.74 Å². The number of ether oxygens (including phenoxy) is 1. The highest BCUT2D eigenvalue weighted by molar-refractivity contribution is 5.41. The van der Waals surface area contributed by atoms with Gasteiger partial charge in [0, 0.05) is 11.5 Å². The Balaban J connectivity index is 2.96. The van der Waals surface area contributed by atoms with Gasteiger partial charge in [0.05, 0.1) is 7.11 Å². The summed E-state index contributed by atoms with van der Waals surface area (Å²) >= 11 is 0. The molecule has 0 spiro atoms. The van der Waals surface area contributed by atoms with Crippen LogP contribution in [0.15, 0.2) is 24.3 Å². The van der Waals surface area contributed by atoms with E-state index < -0.39 is 0 Å². The highest BCUT2D eigenvalue weighted by Crippen LogP contribution is 2.10. The Hall–Kier alpha value is -1.93. The molecule has 12 heavy (non-hydrogen) atoms. The number of nitriles is 1. The minimum Gasteiger partial charge on any atom is -0.497 e. The molecule has 0 aliphatic carbocycles. The largest absolute Gasteiger partial charge is 0.497 e. The van der Waals surface area contributed by atoms with E-state index in [1.807, 2.05) is 18.2 Å². The van der Waals surface area contributed by atoms with E-state index in [1.54, 1.807) is 19.2 Å². The van der Waals surface area contributed by atoms with Gasteiger partial charge in [-0.3, -0.25) is 0 Å². The Bertz CT molecular complexity index is 365. The van der Waals surface area contributed by atoms with Crippen molar-refractivity contribution in [2.75, 3.05) is 7.11 Å². The molecule has 2 heteroatoms. The molecule has 0 unspecified atom stereocenters. The van der Waals surface area contributed by atoms with Crippen LogP contribution in [0.5, 0.6) is 5.75 Å². The van der Waals surface area contributed by atoms with Gasteiger partial charge in [0.15, 0.2) is 6.07 Å². The van der Waals surface area contributed by atoms with E-state index in [4.69, 9.17) is 10.00 Å². The summed E-state index contributed by atoms with van der Waals surface area (Å²) in [5.41, 5.74) is 0.788. The second-order valence-electron chi connectivity index (χ2n) is 2.09. The summed E-state index contributed by atoms with van der Waals surface area (Å²) in [6.07, 6.45) is 0. The van der Waals surface area contributed by atoms with E-state index in [1.165, 1.54) is 0 Å². The predicted octanol–water partition coefficient (Wildman–Crippen LogP) is 1.57. The lowest BCUT2D eigenvalue weighted by atomic mass is 10.2. The normalized spacial score (nSPS) is 7.67. The molecule has 0 radical (unpaired) electrons. The maximum atomic E-state index is 8.20. The number of hydrogen-bond donors (Lipinski definition) is 0. The van der Waals surface area contributed by atoms with Gasteiger partial charge in [0.2, 0.25) is 0 Å². The second-order valence-corrected chi connectivity index (χ2v) is 2.09. The van der Waals surface area contributed by atoms with E-state index in [9.17, 15) is 0 Å². The van der Waals surface area contributed by atoms with E-state index >= 15 is 0 Å². The fraction of sp³-hybridized carbons (Fsp3) is 0.100. The zero-order valence-corrected chi connectivity index (χ0v) is 6.66. The molecule has 0 aromatic heterocycles. The molecule has 0 N–H and O–H groups in total. The van der Waals surface area contributed by atoms with Crippen LogP contribution >= 0.6 is 0 Å². The first-order valence-electron chi connectivity index (χ1n) is 3.41. The Kier molecular flexibility index (Phi) is 2.76. The van der Waals surface area contributed by atoms with E-state index in [0.717, 1.165) is 11.3 Å². The molecule has 0 saturated carbocycles. The van der Waals surface area contributed by atoms with Crippen molar-refractivity contribution in [1.82, 2.24) is 0 Å². The average Bonchev–Trinajstić information content (AvgIpc) is 2.15. The maximum Gasteiger partial charge on any atom is 0.152 e. The van der Waals surface area contributed by atoms with Crippen molar-refractivity contribution in [3.05, 3.63) is 29.8 Å². The standard InChI is InChI=1S/C10H7NO/c1-12-10-6-2-4-9(8-10)5-3-7-11/h2,4,6,8H,1H3. The molecule has 2 nitrogen and oxygen atoms in total. The summed E-state index contributed by atoms with van der Waals surface area (Å²) in [6, 6.07) is 9.02. The molecule has 0 aliphatic rings. The lowest BCUT2D eigenvalue weighted by Crippen LogP contribution is -1.82. The van der Waals surface area contributed by atoms with Gasteiger partial charge in [0.25, 0.3) is 0 Å². The zero-order valence-electron chi connectivity index (χ0n) is 6.66. The zero-order chi connectivity index (χ0) is 8.81. The number of nitrogens with zero attached hydrogens (tertiary/aromatic N) is 1. The van der Waals surface area contributed by atoms with Gasteiger partial charge >= 0.3 is 0 Å². The van der Waals surface area contributed by atoms with Gasteiger partial charge in [-0.25, -0.2) is 0 Å². The SMILES string of the molecule is COc1cccc(C#CC#N)c1. The molecule has 58 valence electrons. The fourth-order valence-electron chi connectivity index (χ4n) is 0.801. The van der Waals surface area contributed by atoms with Crippen molar-refractivity contribution in [2.24, 2.45) is 0 Å². The molecular weight excluding hydrogens is 150 g/mol. The van der Waals surface area contributed by atoms with Crippen molar-refractivity contribution in [3.63, 3.8) is 0 Å². The minimum absolute atomic E-state index is 0.750. The van der Waals surface area contributed by atoms with Gasteiger partial charge in [-0.05, 0) is 18.2 Å². The van der Waals surface area contributed by atoms with Crippen LogP contribution in [0.2, 0.25) is 0 Å². The molecule has 1 rings (SSSR count). The Morgan fingerprint density at radius 2 is 2.25 bits per heavy atom. The molecule has 1 aromatic rings. The lowest BCUT2D eigenvalue weighted by Gasteiger charge is -1.97. The molecular formula is C10H7NO. The van der Waals surface area contributed by atoms with Gasteiger partial charge in [0.1, 0.15) is 5.75 Å². The maximum absolute atomic E-state index is 8.20. The predicted molar refractivity (Wildman–Crippen MR) is 45.5 cm³/mol. The molecule has 0 saturated heterocycles. The van der Waals surface area contributed by atoms with Crippen LogP contribution in [0.3, 0.4) is 0 Å². The smallest absolute Gasteiger partial charge is 0.152 e. The van der Waals surface area contributed by atoms with Crippen molar-refractivity contribution < 1.29 is 4.74 Å². The second kappa shape index (κ2) is 4.05. The molecule has 0 aliphatic heterocycles. The highest BCUT2D eigenvalue weighted by atomic mass is 16.5. The van der Waals surface area contributed by atoms with Crippen LogP contribution in [0, 0.1) is 23.2 Å². The van der Waals surface area contributed by atoms with Crippen LogP contribution in [0.1, 0.15) is 5.56 Å². The first kappa shape index (κ1) is 8.17. The quantitative estimate of drug-likeness (QED) is 0.580. The topological polar surface area (TPSA) is 33.0 Å². The number of benzene rings is 1. The third-order valence-electron chi connectivity index (χ3n) is 1.33. The van der Waals surface area contributed by atoms with Crippen LogP contribution < -0.4 is 4.74 Å². The van der Waals surface area contributed by atoms with Gasteiger partial charge in [-0.1, -0.05) is 12.0 Å². The van der Waals surface area contributed by atoms with Crippen molar-refractivity contribution in [3.8, 4) is 23.7 Å². The van der Waals surface area contributed by atoms with Crippen molar-refractivity contribution in [2.45, 2.75) is 0 Å². The number of rotatable bonds is 1. The molecule has 0 fully saturated rings. The van der Waals surface area contributed by atoms with Gasteiger partial charge in [-0.2, -0.15) is 5.26 Å². The summed E-state index contributed by atoms with van der Waals surface area (Å²) in [5.74, 6) is 5.74. The first-order valence-corrected chi connectivity index (χ1v) is 3.41.